The van der Waals surface area contributed by atoms with E-state index in [2.05, 4.69) is 49.0 Å². The van der Waals surface area contributed by atoms with Crippen LogP contribution in [0, 0.1) is 0 Å². The normalized spacial score (nSPS) is 12.0. The second-order valence-electron chi connectivity index (χ2n) is 5.79. The van der Waals surface area contributed by atoms with Crippen LogP contribution < -0.4 is 11.1 Å². The molecule has 0 atom stereocenters. The summed E-state index contributed by atoms with van der Waals surface area (Å²) in [6.07, 6.45) is 2.29. The smallest absolute Gasteiger partial charge is 0.222 e. The van der Waals surface area contributed by atoms with E-state index in [0.717, 1.165) is 35.4 Å². The minimum atomic E-state index is 0.126. The first kappa shape index (κ1) is 14.1. The Morgan fingerprint density at radius 2 is 2.05 bits per heavy atom. The van der Waals surface area contributed by atoms with E-state index in [1.54, 1.807) is 11.3 Å². The molecule has 19 heavy (non-hydrogen) atoms. The lowest BCUT2D eigenvalue weighted by Gasteiger charge is -2.14. The van der Waals surface area contributed by atoms with Gasteiger partial charge in [0, 0.05) is 11.4 Å². The molecule has 2 rings (SSSR count). The lowest BCUT2D eigenvalue weighted by molar-refractivity contribution is 0.604. The number of hydrogen-bond acceptors (Lipinski definition) is 5. The predicted octanol–water partition coefficient (Wildman–Crippen LogP) is 3.78. The van der Waals surface area contributed by atoms with Crippen molar-refractivity contribution in [1.82, 2.24) is 9.97 Å². The molecule has 0 aliphatic heterocycles. The maximum Gasteiger partial charge on any atom is 0.222 e. The van der Waals surface area contributed by atoms with E-state index in [9.17, 15) is 0 Å². The molecule has 0 bridgehead atoms. The van der Waals surface area contributed by atoms with Crippen LogP contribution in [0.1, 0.15) is 45.4 Å². The third kappa shape index (κ3) is 3.15. The number of rotatable bonds is 4. The maximum absolute atomic E-state index is 5.79. The molecule has 0 unspecified atom stereocenters. The largest absolute Gasteiger partial charge is 0.369 e. The molecule has 104 valence electrons. The van der Waals surface area contributed by atoms with Gasteiger partial charge in [0.1, 0.15) is 5.82 Å². The fraction of sp³-hybridized carbons (Fsp3) is 0.571. The Morgan fingerprint density at radius 3 is 2.68 bits per heavy atom. The highest BCUT2D eigenvalue weighted by molar-refractivity contribution is 7.19. The van der Waals surface area contributed by atoms with Gasteiger partial charge in [-0.2, -0.15) is 4.98 Å². The molecule has 0 aliphatic rings. The summed E-state index contributed by atoms with van der Waals surface area (Å²) in [6.45, 7) is 9.72. The molecule has 0 saturated heterocycles. The van der Waals surface area contributed by atoms with E-state index >= 15 is 0 Å². The number of hydrogen-bond donors (Lipinski definition) is 2. The van der Waals surface area contributed by atoms with Crippen molar-refractivity contribution in [1.29, 1.82) is 0 Å². The molecule has 5 heteroatoms. The number of fused-ring (bicyclic) bond motifs is 1. The van der Waals surface area contributed by atoms with Crippen molar-refractivity contribution in [3.8, 4) is 0 Å². The summed E-state index contributed by atoms with van der Waals surface area (Å²) < 4.78 is 1.11. The van der Waals surface area contributed by atoms with Crippen molar-refractivity contribution < 1.29 is 0 Å². The van der Waals surface area contributed by atoms with Crippen LogP contribution in [-0.2, 0) is 5.41 Å². The van der Waals surface area contributed by atoms with Crippen molar-refractivity contribution >= 4 is 33.3 Å². The molecule has 0 radical (unpaired) electrons. The van der Waals surface area contributed by atoms with Crippen LogP contribution in [0.15, 0.2) is 6.07 Å². The van der Waals surface area contributed by atoms with E-state index in [1.165, 1.54) is 4.88 Å². The molecule has 2 heterocycles. The minimum absolute atomic E-state index is 0.126. The summed E-state index contributed by atoms with van der Waals surface area (Å²) in [4.78, 5) is 9.98. The number of nitrogens with zero attached hydrogens (tertiary/aromatic N) is 2. The zero-order valence-electron chi connectivity index (χ0n) is 12.1. The van der Waals surface area contributed by atoms with E-state index < -0.39 is 0 Å². The number of unbranched alkanes of at least 4 members (excludes halogenated alkanes) is 1. The van der Waals surface area contributed by atoms with Gasteiger partial charge in [0.2, 0.25) is 5.95 Å². The Bertz CT molecular complexity index is 569. The number of anilines is 2. The number of nitrogens with two attached hydrogens (primary N) is 1. The molecule has 0 aliphatic carbocycles. The average molecular weight is 278 g/mol. The molecule has 2 aromatic heterocycles. The number of thiophene rings is 1. The third-order valence-electron chi connectivity index (χ3n) is 2.95. The second-order valence-corrected chi connectivity index (χ2v) is 6.84. The van der Waals surface area contributed by atoms with Crippen LogP contribution in [0.25, 0.3) is 10.2 Å². The Labute approximate surface area is 118 Å². The van der Waals surface area contributed by atoms with Gasteiger partial charge in [0.05, 0.1) is 10.2 Å². The number of nitrogens with one attached hydrogen (secondary N) is 1. The lowest BCUT2D eigenvalue weighted by atomic mass is 9.95. The van der Waals surface area contributed by atoms with Gasteiger partial charge in [0.15, 0.2) is 0 Å². The monoisotopic (exact) mass is 278 g/mol. The molecule has 0 spiro atoms. The second kappa shape index (κ2) is 5.33. The van der Waals surface area contributed by atoms with Gasteiger partial charge < -0.3 is 11.1 Å². The minimum Gasteiger partial charge on any atom is -0.369 e. The quantitative estimate of drug-likeness (QED) is 0.835. The molecule has 3 N–H and O–H groups in total. The molecule has 0 aromatic carbocycles. The van der Waals surface area contributed by atoms with Crippen molar-refractivity contribution in [2.24, 2.45) is 0 Å². The van der Waals surface area contributed by atoms with Gasteiger partial charge in [0.25, 0.3) is 0 Å². The van der Waals surface area contributed by atoms with Crippen LogP contribution in [0.2, 0.25) is 0 Å². The standard InChI is InChI=1S/C14H22N4S/c1-5-6-7-16-12-11-9(17-13(15)18-12)8-10(19-11)14(2,3)4/h8H,5-7H2,1-4H3,(H3,15,16,17,18). The van der Waals surface area contributed by atoms with E-state index in [0.29, 0.717) is 5.95 Å². The zero-order chi connectivity index (χ0) is 14.0. The lowest BCUT2D eigenvalue weighted by Crippen LogP contribution is -2.07. The van der Waals surface area contributed by atoms with E-state index in [1.807, 2.05) is 0 Å². The van der Waals surface area contributed by atoms with Crippen LogP contribution in [-0.4, -0.2) is 16.5 Å². The van der Waals surface area contributed by atoms with Crippen molar-refractivity contribution in [3.05, 3.63) is 10.9 Å². The SMILES string of the molecule is CCCCNc1nc(N)nc2cc(C(C)(C)C)sc12. The maximum atomic E-state index is 5.79. The highest BCUT2D eigenvalue weighted by Gasteiger charge is 2.19. The van der Waals surface area contributed by atoms with Crippen molar-refractivity contribution in [3.63, 3.8) is 0 Å². The predicted molar refractivity (Wildman–Crippen MR) is 83.9 cm³/mol. The van der Waals surface area contributed by atoms with Gasteiger partial charge in [-0.15, -0.1) is 11.3 Å². The van der Waals surface area contributed by atoms with Crippen molar-refractivity contribution in [2.75, 3.05) is 17.6 Å². The van der Waals surface area contributed by atoms with Gasteiger partial charge in [-0.25, -0.2) is 4.98 Å². The molecule has 0 saturated carbocycles. The summed E-state index contributed by atoms with van der Waals surface area (Å²) >= 11 is 1.75. The Hall–Kier alpha value is -1.36. The van der Waals surface area contributed by atoms with E-state index in [-0.39, 0.29) is 5.41 Å². The summed E-state index contributed by atoms with van der Waals surface area (Å²) in [5.74, 6) is 1.21. The Balaban J connectivity index is 2.42. The molecule has 0 fully saturated rings. The summed E-state index contributed by atoms with van der Waals surface area (Å²) in [6, 6.07) is 2.13. The molecule has 2 aromatic rings. The van der Waals surface area contributed by atoms with Crippen LogP contribution in [0.3, 0.4) is 0 Å². The Kier molecular flexibility index (Phi) is 3.94. The summed E-state index contributed by atoms with van der Waals surface area (Å²) in [5.41, 5.74) is 6.86. The van der Waals surface area contributed by atoms with Crippen LogP contribution in [0.4, 0.5) is 11.8 Å². The first-order valence-corrected chi connectivity index (χ1v) is 7.55. The molecular formula is C14H22N4S. The topological polar surface area (TPSA) is 63.8 Å². The zero-order valence-corrected chi connectivity index (χ0v) is 12.9. The van der Waals surface area contributed by atoms with Crippen LogP contribution in [0.5, 0.6) is 0 Å². The molecular weight excluding hydrogens is 256 g/mol. The highest BCUT2D eigenvalue weighted by atomic mass is 32.1. The first-order chi connectivity index (χ1) is 8.91. The average Bonchev–Trinajstić information content (AvgIpc) is 2.72. The highest BCUT2D eigenvalue weighted by Crippen LogP contribution is 2.36. The fourth-order valence-corrected chi connectivity index (χ4v) is 2.94. The first-order valence-electron chi connectivity index (χ1n) is 6.73. The molecule has 4 nitrogen and oxygen atoms in total. The van der Waals surface area contributed by atoms with Gasteiger partial charge in [-0.1, -0.05) is 34.1 Å². The Morgan fingerprint density at radius 1 is 1.32 bits per heavy atom. The molecule has 0 amide bonds. The number of nitrogen functional groups attached to an aromatic ring is 1. The van der Waals surface area contributed by atoms with Crippen LogP contribution >= 0.6 is 11.3 Å². The van der Waals surface area contributed by atoms with E-state index in [4.69, 9.17) is 5.73 Å². The van der Waals surface area contributed by atoms with Gasteiger partial charge in [-0.3, -0.25) is 0 Å². The fourth-order valence-electron chi connectivity index (χ4n) is 1.82. The number of aromatic nitrogens is 2. The van der Waals surface area contributed by atoms with Crippen molar-refractivity contribution in [2.45, 2.75) is 46.0 Å². The van der Waals surface area contributed by atoms with Gasteiger partial charge >= 0.3 is 0 Å². The summed E-state index contributed by atoms with van der Waals surface area (Å²) in [5, 5.41) is 3.37. The summed E-state index contributed by atoms with van der Waals surface area (Å²) in [7, 11) is 0. The van der Waals surface area contributed by atoms with Gasteiger partial charge in [-0.05, 0) is 17.9 Å². The third-order valence-corrected chi connectivity index (χ3v) is 4.51.